The number of aliphatic carboxylic acids is 1. The Morgan fingerprint density at radius 1 is 1.38 bits per heavy atom. The predicted molar refractivity (Wildman–Crippen MR) is 89.1 cm³/mol. The van der Waals surface area contributed by atoms with Crippen molar-refractivity contribution in [2.24, 2.45) is 45.8 Å². The van der Waals surface area contributed by atoms with Crippen LogP contribution in [0.5, 0.6) is 0 Å². The van der Waals surface area contributed by atoms with Crippen LogP contribution in [0, 0.1) is 45.8 Å². The third-order valence-corrected chi connectivity index (χ3v) is 8.40. The van der Waals surface area contributed by atoms with E-state index in [0.717, 1.165) is 31.1 Å². The molecule has 0 amide bonds. The van der Waals surface area contributed by atoms with Crippen molar-refractivity contribution in [2.75, 3.05) is 6.61 Å². The average Bonchev–Trinajstić information content (AvgIpc) is 3.11. The molecule has 3 fully saturated rings. The Bertz CT molecular complexity index is 638. The van der Waals surface area contributed by atoms with Gasteiger partial charge in [0.05, 0.1) is 12.0 Å². The quantitative estimate of drug-likeness (QED) is 0.613. The number of carboxylic acid groups (broad SMARTS) is 1. The van der Waals surface area contributed by atoms with Gasteiger partial charge in [-0.1, -0.05) is 38.8 Å². The number of hydrogen-bond donors (Lipinski definition) is 2. The summed E-state index contributed by atoms with van der Waals surface area (Å²) in [6.07, 6.45) is 6.47. The van der Waals surface area contributed by atoms with Crippen LogP contribution in [0.1, 0.15) is 46.5 Å². The van der Waals surface area contributed by atoms with Gasteiger partial charge in [0.15, 0.2) is 0 Å². The Morgan fingerprint density at radius 3 is 2.62 bits per heavy atom. The van der Waals surface area contributed by atoms with Gasteiger partial charge < -0.3 is 15.0 Å². The zero-order valence-corrected chi connectivity index (χ0v) is 14.8. The molecular weight excluding hydrogens is 304 g/mol. The molecule has 7 atom stereocenters. The second kappa shape index (κ2) is 4.72. The summed E-state index contributed by atoms with van der Waals surface area (Å²) >= 11 is 0. The molecule has 24 heavy (non-hydrogen) atoms. The molecule has 0 aromatic carbocycles. The third-order valence-electron chi connectivity index (χ3n) is 8.40. The largest absolute Gasteiger partial charge is 0.481 e. The zero-order valence-electron chi connectivity index (χ0n) is 14.8. The maximum atomic E-state index is 12.8. The van der Waals surface area contributed by atoms with E-state index in [1.807, 2.05) is 13.8 Å². The molecule has 0 radical (unpaired) electrons. The van der Waals surface area contributed by atoms with Crippen molar-refractivity contribution in [3.8, 4) is 0 Å². The molecule has 4 rings (SSSR count). The summed E-state index contributed by atoms with van der Waals surface area (Å²) in [6, 6.07) is 0. The fraction of sp³-hybridized carbons (Fsp3) is 0.800. The van der Waals surface area contributed by atoms with Crippen LogP contribution in [0.15, 0.2) is 11.6 Å². The van der Waals surface area contributed by atoms with Crippen LogP contribution in [-0.4, -0.2) is 29.1 Å². The molecule has 4 bridgehead atoms. The summed E-state index contributed by atoms with van der Waals surface area (Å²) in [5.41, 5.74) is -1.85. The highest BCUT2D eigenvalue weighted by Crippen LogP contribution is 2.82. The van der Waals surface area contributed by atoms with Gasteiger partial charge in [-0.2, -0.15) is 0 Å². The number of carboxylic acids is 1. The van der Waals surface area contributed by atoms with E-state index < -0.39 is 22.2 Å². The van der Waals surface area contributed by atoms with Gasteiger partial charge in [0.1, 0.15) is 11.7 Å². The molecule has 3 unspecified atom stereocenters. The fourth-order valence-electron chi connectivity index (χ4n) is 7.66. The van der Waals surface area contributed by atoms with E-state index >= 15 is 0 Å². The van der Waals surface area contributed by atoms with Gasteiger partial charge in [0, 0.05) is 5.41 Å². The minimum absolute atomic E-state index is 0.0130. The number of aliphatic hydroxyl groups is 1. The molecule has 4 nitrogen and oxygen atoms in total. The highest BCUT2D eigenvalue weighted by atomic mass is 16.4. The molecule has 0 aromatic heterocycles. The van der Waals surface area contributed by atoms with Crippen LogP contribution < -0.4 is 0 Å². The smallest absolute Gasteiger partial charge is 0.315 e. The molecule has 0 aromatic rings. The SMILES string of the molecule is CC(C)C1=CC2CC3(C=O)[C@@H]4CC[C@@H](C)[C@H]4CC2(CO)[C@]13C(=O)O. The van der Waals surface area contributed by atoms with Crippen LogP contribution >= 0.6 is 0 Å². The molecule has 0 saturated heterocycles. The van der Waals surface area contributed by atoms with Crippen molar-refractivity contribution < 1.29 is 19.8 Å². The number of hydrogen-bond acceptors (Lipinski definition) is 3. The van der Waals surface area contributed by atoms with Crippen LogP contribution in [0.4, 0.5) is 0 Å². The van der Waals surface area contributed by atoms with Gasteiger partial charge in [-0.3, -0.25) is 4.79 Å². The van der Waals surface area contributed by atoms with Gasteiger partial charge in [-0.05, 0) is 48.9 Å². The molecule has 4 aliphatic rings. The first kappa shape index (κ1) is 16.3. The lowest BCUT2D eigenvalue weighted by Gasteiger charge is -2.58. The molecule has 4 aliphatic carbocycles. The van der Waals surface area contributed by atoms with E-state index in [2.05, 4.69) is 13.0 Å². The Labute approximate surface area is 143 Å². The van der Waals surface area contributed by atoms with Crippen molar-refractivity contribution in [3.63, 3.8) is 0 Å². The van der Waals surface area contributed by atoms with Crippen molar-refractivity contribution in [1.82, 2.24) is 0 Å². The number of carbonyl (C=O) groups excluding carboxylic acids is 1. The van der Waals surface area contributed by atoms with E-state index in [1.54, 1.807) is 0 Å². The van der Waals surface area contributed by atoms with E-state index in [1.165, 1.54) is 0 Å². The Hall–Kier alpha value is -1.16. The second-order valence-electron chi connectivity index (χ2n) is 9.14. The summed E-state index contributed by atoms with van der Waals surface area (Å²) in [5, 5.41) is 20.9. The van der Waals surface area contributed by atoms with E-state index in [4.69, 9.17) is 0 Å². The second-order valence-corrected chi connectivity index (χ2v) is 9.14. The van der Waals surface area contributed by atoms with Crippen molar-refractivity contribution in [3.05, 3.63) is 11.6 Å². The molecule has 132 valence electrons. The van der Waals surface area contributed by atoms with Crippen LogP contribution in [0.2, 0.25) is 0 Å². The molecule has 4 heteroatoms. The lowest BCUT2D eigenvalue weighted by atomic mass is 9.43. The maximum Gasteiger partial charge on any atom is 0.315 e. The highest BCUT2D eigenvalue weighted by molar-refractivity contribution is 5.90. The Balaban J connectivity index is 2.03. The molecule has 3 saturated carbocycles. The minimum Gasteiger partial charge on any atom is -0.481 e. The van der Waals surface area contributed by atoms with Crippen LogP contribution in [0.3, 0.4) is 0 Å². The number of aldehydes is 1. The number of aliphatic hydroxyl groups excluding tert-OH is 1. The first-order valence-electron chi connectivity index (χ1n) is 9.35. The average molecular weight is 332 g/mol. The first-order valence-corrected chi connectivity index (χ1v) is 9.35. The van der Waals surface area contributed by atoms with Gasteiger partial charge in [0.25, 0.3) is 0 Å². The molecule has 0 aliphatic heterocycles. The number of rotatable bonds is 4. The predicted octanol–water partition coefficient (Wildman–Crippen LogP) is 2.90. The van der Waals surface area contributed by atoms with Gasteiger partial charge >= 0.3 is 5.97 Å². The fourth-order valence-corrected chi connectivity index (χ4v) is 7.66. The monoisotopic (exact) mass is 332 g/mol. The summed E-state index contributed by atoms with van der Waals surface area (Å²) in [7, 11) is 0. The number of fused-ring (bicyclic) bond motifs is 2. The standard InChI is InChI=1S/C20H28O4/c1-11(2)16-6-13-7-19(10-22)15-5-4-12(3)14(15)8-18(13,9-21)20(16,19)17(23)24/h6,10-15,21H,4-5,7-9H2,1-3H3,(H,23,24)/t12-,13?,14-,15-,18?,19?,20-/m1/s1. The lowest BCUT2D eigenvalue weighted by Crippen LogP contribution is -2.63. The zero-order chi connectivity index (χ0) is 17.5. The van der Waals surface area contributed by atoms with Crippen molar-refractivity contribution in [1.29, 1.82) is 0 Å². The normalized spacial score (nSPS) is 51.6. The van der Waals surface area contributed by atoms with Crippen LogP contribution in [-0.2, 0) is 9.59 Å². The first-order chi connectivity index (χ1) is 11.3. The summed E-state index contributed by atoms with van der Waals surface area (Å²) in [4.78, 5) is 25.3. The minimum atomic E-state index is -1.21. The molecule has 2 N–H and O–H groups in total. The van der Waals surface area contributed by atoms with Gasteiger partial charge in [0.2, 0.25) is 0 Å². The Kier molecular flexibility index (Phi) is 3.21. The lowest BCUT2D eigenvalue weighted by molar-refractivity contribution is -0.184. The molecule has 0 heterocycles. The van der Waals surface area contributed by atoms with Crippen molar-refractivity contribution in [2.45, 2.75) is 46.5 Å². The van der Waals surface area contributed by atoms with E-state index in [9.17, 15) is 19.8 Å². The third kappa shape index (κ3) is 1.35. The van der Waals surface area contributed by atoms with E-state index in [-0.39, 0.29) is 24.4 Å². The molecular formula is C20H28O4. The van der Waals surface area contributed by atoms with Gasteiger partial charge in [-0.15, -0.1) is 0 Å². The van der Waals surface area contributed by atoms with Crippen LogP contribution in [0.25, 0.3) is 0 Å². The summed E-state index contributed by atoms with van der Waals surface area (Å²) < 4.78 is 0. The summed E-state index contributed by atoms with van der Waals surface area (Å²) in [5.74, 6) is 0.215. The summed E-state index contributed by atoms with van der Waals surface area (Å²) in [6.45, 7) is 6.13. The Morgan fingerprint density at radius 2 is 2.08 bits per heavy atom. The topological polar surface area (TPSA) is 74.6 Å². The number of carbonyl (C=O) groups is 2. The van der Waals surface area contributed by atoms with E-state index in [0.29, 0.717) is 18.3 Å². The van der Waals surface area contributed by atoms with Crippen molar-refractivity contribution >= 4 is 12.3 Å². The number of allylic oxidation sites excluding steroid dienone is 1. The maximum absolute atomic E-state index is 12.8. The van der Waals surface area contributed by atoms with Gasteiger partial charge in [-0.25, -0.2) is 0 Å². The highest BCUT2D eigenvalue weighted by Gasteiger charge is 2.84. The molecule has 0 spiro atoms.